The minimum Gasteiger partial charge on any atom is -0.457 e. The third-order valence-corrected chi connectivity index (χ3v) is 8.56. The van der Waals surface area contributed by atoms with Crippen molar-refractivity contribution >= 4 is 20.4 Å². The first-order chi connectivity index (χ1) is 8.58. The van der Waals surface area contributed by atoms with Crippen LogP contribution in [0.25, 0.3) is 0 Å². The molecular formula is C13H23NO4Si. The zero-order valence-corrected chi connectivity index (χ0v) is 13.5. The Kier molecular flexibility index (Phi) is 4.71. The topological polar surface area (TPSA) is 65.0 Å². The first kappa shape index (κ1) is 16.1. The van der Waals surface area contributed by atoms with Gasteiger partial charge in [-0.15, -0.1) is 0 Å². The maximum Gasteiger partial charge on any atom is 0.308 e. The second kappa shape index (κ2) is 5.57. The molecule has 5 nitrogen and oxygen atoms in total. The van der Waals surface area contributed by atoms with Crippen LogP contribution < -0.4 is 0 Å². The van der Waals surface area contributed by atoms with Gasteiger partial charge in [-0.2, -0.15) is 4.99 Å². The molecule has 0 amide bonds. The molecule has 0 radical (unpaired) electrons. The molecule has 0 aliphatic carbocycles. The summed E-state index contributed by atoms with van der Waals surface area (Å²) in [6.45, 7) is 12.6. The molecule has 0 aromatic carbocycles. The number of nitrogens with zero attached hydrogens (tertiary/aromatic N) is 1. The van der Waals surface area contributed by atoms with E-state index in [1.165, 1.54) is 6.08 Å². The van der Waals surface area contributed by atoms with Gasteiger partial charge in [-0.3, -0.25) is 4.79 Å². The Morgan fingerprint density at radius 3 is 2.53 bits per heavy atom. The van der Waals surface area contributed by atoms with Gasteiger partial charge in [-0.05, 0) is 25.1 Å². The van der Waals surface area contributed by atoms with Crippen LogP contribution in [-0.2, 0) is 18.8 Å². The average molecular weight is 285 g/mol. The highest BCUT2D eigenvalue weighted by atomic mass is 28.4. The fraction of sp³-hybridized carbons (Fsp3) is 0.846. The van der Waals surface area contributed by atoms with Crippen molar-refractivity contribution in [1.82, 2.24) is 0 Å². The quantitative estimate of drug-likeness (QED) is 0.344. The van der Waals surface area contributed by atoms with Gasteiger partial charge in [0.05, 0.1) is 12.5 Å². The minimum absolute atomic E-state index is 0.0767. The van der Waals surface area contributed by atoms with E-state index in [1.807, 2.05) is 6.92 Å². The van der Waals surface area contributed by atoms with Gasteiger partial charge in [-0.1, -0.05) is 20.8 Å². The molecule has 0 aromatic rings. The molecule has 6 heteroatoms. The van der Waals surface area contributed by atoms with Crippen LogP contribution in [0.2, 0.25) is 18.1 Å². The van der Waals surface area contributed by atoms with Gasteiger partial charge in [0.2, 0.25) is 6.08 Å². The molecule has 3 atom stereocenters. The van der Waals surface area contributed by atoms with E-state index < -0.39 is 20.5 Å². The lowest BCUT2D eigenvalue weighted by molar-refractivity contribution is -0.144. The molecule has 0 spiro atoms. The van der Waals surface area contributed by atoms with Gasteiger partial charge in [0.1, 0.15) is 12.1 Å². The fourth-order valence-electron chi connectivity index (χ4n) is 1.87. The third kappa shape index (κ3) is 3.75. The smallest absolute Gasteiger partial charge is 0.308 e. The molecule has 1 saturated heterocycles. The van der Waals surface area contributed by atoms with Crippen molar-refractivity contribution in [3.63, 3.8) is 0 Å². The van der Waals surface area contributed by atoms with Gasteiger partial charge in [0.15, 0.2) is 8.32 Å². The summed E-state index contributed by atoms with van der Waals surface area (Å²) >= 11 is 0. The number of aliphatic imine (C=N–C) groups is 1. The molecule has 1 rings (SSSR count). The standard InChI is InChI=1S/C13H23NO4Si/c1-9(18-19(5,6)13(2,3)4)12-10(14-8-15)7-11(16)17-12/h9-10,12H,7H2,1-6H3/t9-,10-,12+/m0/s1. The van der Waals surface area contributed by atoms with E-state index in [1.54, 1.807) is 0 Å². The van der Waals surface area contributed by atoms with Crippen LogP contribution in [0.3, 0.4) is 0 Å². The summed E-state index contributed by atoms with van der Waals surface area (Å²) in [7, 11) is -1.94. The van der Waals surface area contributed by atoms with Gasteiger partial charge in [-0.25, -0.2) is 4.79 Å². The predicted octanol–water partition coefficient (Wildman–Crippen LogP) is 2.42. The van der Waals surface area contributed by atoms with E-state index in [0.717, 1.165) is 0 Å². The van der Waals surface area contributed by atoms with E-state index in [0.29, 0.717) is 0 Å². The van der Waals surface area contributed by atoms with Crippen molar-refractivity contribution in [3.8, 4) is 0 Å². The lowest BCUT2D eigenvalue weighted by atomic mass is 10.1. The molecule has 0 N–H and O–H groups in total. The van der Waals surface area contributed by atoms with Crippen molar-refractivity contribution < 1.29 is 18.8 Å². The Balaban J connectivity index is 2.80. The predicted molar refractivity (Wildman–Crippen MR) is 74.2 cm³/mol. The second-order valence-electron chi connectivity index (χ2n) is 6.53. The molecule has 1 aliphatic heterocycles. The van der Waals surface area contributed by atoms with Crippen molar-refractivity contribution in [3.05, 3.63) is 0 Å². The molecular weight excluding hydrogens is 262 g/mol. The number of ether oxygens (including phenoxy) is 1. The van der Waals surface area contributed by atoms with Crippen LogP contribution in [0.5, 0.6) is 0 Å². The van der Waals surface area contributed by atoms with Crippen LogP contribution in [0, 0.1) is 0 Å². The Hall–Kier alpha value is -0.973. The highest BCUT2D eigenvalue weighted by molar-refractivity contribution is 6.74. The maximum absolute atomic E-state index is 11.3. The minimum atomic E-state index is -1.94. The zero-order chi connectivity index (χ0) is 14.8. The Morgan fingerprint density at radius 1 is 1.47 bits per heavy atom. The molecule has 0 saturated carbocycles. The second-order valence-corrected chi connectivity index (χ2v) is 11.3. The molecule has 1 aliphatic rings. The normalized spacial score (nSPS) is 25.7. The summed E-state index contributed by atoms with van der Waals surface area (Å²) in [5.41, 5.74) is 0. The Morgan fingerprint density at radius 2 is 2.05 bits per heavy atom. The van der Waals surface area contributed by atoms with E-state index in [9.17, 15) is 9.59 Å². The number of rotatable bonds is 4. The molecule has 0 bridgehead atoms. The molecule has 1 heterocycles. The number of carbonyl (C=O) groups excluding carboxylic acids is 2. The monoisotopic (exact) mass is 285 g/mol. The van der Waals surface area contributed by atoms with E-state index in [2.05, 4.69) is 38.9 Å². The summed E-state index contributed by atoms with van der Waals surface area (Å²) < 4.78 is 11.4. The number of carbonyl (C=O) groups is 1. The van der Waals surface area contributed by atoms with E-state index in [-0.39, 0.29) is 23.5 Å². The summed E-state index contributed by atoms with van der Waals surface area (Å²) in [6, 6.07) is -0.468. The van der Waals surface area contributed by atoms with Crippen LogP contribution in [0.4, 0.5) is 0 Å². The van der Waals surface area contributed by atoms with Crippen LogP contribution >= 0.6 is 0 Å². The van der Waals surface area contributed by atoms with Gasteiger partial charge >= 0.3 is 5.97 Å². The fourth-order valence-corrected chi connectivity index (χ4v) is 3.29. The number of isocyanates is 1. The molecule has 0 aromatic heterocycles. The van der Waals surface area contributed by atoms with Gasteiger partial charge < -0.3 is 9.16 Å². The molecule has 0 unspecified atom stereocenters. The van der Waals surface area contributed by atoms with Gasteiger partial charge in [0.25, 0.3) is 0 Å². The molecule has 108 valence electrons. The average Bonchev–Trinajstić information content (AvgIpc) is 2.57. The number of hydrogen-bond donors (Lipinski definition) is 0. The van der Waals surface area contributed by atoms with Crippen LogP contribution in [0.1, 0.15) is 34.1 Å². The summed E-state index contributed by atoms with van der Waals surface area (Å²) in [6.07, 6.45) is 0.884. The van der Waals surface area contributed by atoms with E-state index in [4.69, 9.17) is 9.16 Å². The van der Waals surface area contributed by atoms with Crippen LogP contribution in [0.15, 0.2) is 4.99 Å². The van der Waals surface area contributed by atoms with Crippen molar-refractivity contribution in [1.29, 1.82) is 0 Å². The molecule has 1 fully saturated rings. The number of hydrogen-bond acceptors (Lipinski definition) is 5. The van der Waals surface area contributed by atoms with Crippen molar-refractivity contribution in [2.45, 2.75) is 70.5 Å². The molecule has 19 heavy (non-hydrogen) atoms. The maximum atomic E-state index is 11.3. The lowest BCUT2D eigenvalue weighted by Crippen LogP contribution is -2.47. The highest BCUT2D eigenvalue weighted by Gasteiger charge is 2.44. The Bertz CT molecular complexity index is 396. The Labute approximate surface area is 115 Å². The van der Waals surface area contributed by atoms with Crippen LogP contribution in [-0.4, -0.2) is 38.6 Å². The summed E-state index contributed by atoms with van der Waals surface area (Å²) in [5, 5.41) is 0.0767. The van der Waals surface area contributed by atoms with Gasteiger partial charge in [0, 0.05) is 0 Å². The lowest BCUT2D eigenvalue weighted by Gasteiger charge is -2.39. The first-order valence-electron chi connectivity index (χ1n) is 6.53. The third-order valence-electron chi connectivity index (χ3n) is 3.99. The number of cyclic esters (lactones) is 1. The summed E-state index contributed by atoms with van der Waals surface area (Å²) in [4.78, 5) is 25.4. The van der Waals surface area contributed by atoms with Crippen molar-refractivity contribution in [2.75, 3.05) is 0 Å². The highest BCUT2D eigenvalue weighted by Crippen LogP contribution is 2.38. The largest absolute Gasteiger partial charge is 0.457 e. The van der Waals surface area contributed by atoms with Crippen molar-refractivity contribution in [2.24, 2.45) is 4.99 Å². The first-order valence-corrected chi connectivity index (χ1v) is 9.43. The SMILES string of the molecule is C[C@H](O[Si](C)(C)C(C)(C)C)[C@H]1OC(=O)C[C@@H]1N=C=O. The number of esters is 1. The zero-order valence-electron chi connectivity index (χ0n) is 12.5. The summed E-state index contributed by atoms with van der Waals surface area (Å²) in [5.74, 6) is -0.334. The van der Waals surface area contributed by atoms with E-state index >= 15 is 0 Å².